The number of hydrogen-bond acceptors (Lipinski definition) is 6. The smallest absolute Gasteiger partial charge is 0.410 e. The van der Waals surface area contributed by atoms with Crippen molar-refractivity contribution in [3.05, 3.63) is 41.9 Å². The molecular formula is C22H30ClN3O5S. The summed E-state index contributed by atoms with van der Waals surface area (Å²) in [7, 11) is -3.83. The maximum Gasteiger partial charge on any atom is 0.410 e. The van der Waals surface area contributed by atoms with Crippen LogP contribution in [0.3, 0.4) is 0 Å². The third-order valence-corrected chi connectivity index (χ3v) is 9.09. The molecule has 32 heavy (non-hydrogen) atoms. The number of halogens is 1. The fraction of sp³-hybridized carbons (Fsp3) is 0.591. The zero-order chi connectivity index (χ0) is 23.0. The summed E-state index contributed by atoms with van der Waals surface area (Å²) in [6, 6.07) is 5.24. The first kappa shape index (κ1) is 23.5. The lowest BCUT2D eigenvalue weighted by atomic mass is 9.96. The number of carbonyl (C=O) groups is 1. The zero-order valence-corrected chi connectivity index (χ0v) is 19.7. The maximum atomic E-state index is 13.5. The van der Waals surface area contributed by atoms with Crippen LogP contribution in [0.15, 0.2) is 41.8 Å². The third-order valence-electron chi connectivity index (χ3n) is 6.84. The molecule has 1 amide bonds. The third kappa shape index (κ3) is 4.41. The van der Waals surface area contributed by atoms with Gasteiger partial charge in [-0.15, -0.1) is 6.58 Å². The number of ether oxygens (including phenoxy) is 1. The summed E-state index contributed by atoms with van der Waals surface area (Å²) in [5.41, 5.74) is 0. The van der Waals surface area contributed by atoms with Crippen molar-refractivity contribution in [3.63, 3.8) is 0 Å². The van der Waals surface area contributed by atoms with Gasteiger partial charge >= 0.3 is 6.09 Å². The molecule has 1 saturated carbocycles. The van der Waals surface area contributed by atoms with Gasteiger partial charge < -0.3 is 14.7 Å². The molecule has 1 aromatic rings. The molecule has 4 rings (SSSR count). The summed E-state index contributed by atoms with van der Waals surface area (Å²) in [4.78, 5) is 16.8. The average molecular weight is 484 g/mol. The van der Waals surface area contributed by atoms with Gasteiger partial charge in [-0.3, -0.25) is 4.90 Å². The number of piperazine rings is 1. The quantitative estimate of drug-likeness (QED) is 0.623. The molecule has 1 aromatic carbocycles. The number of benzene rings is 1. The molecule has 0 bridgehead atoms. The van der Waals surface area contributed by atoms with Gasteiger partial charge in [0.05, 0.1) is 17.5 Å². The number of piperidine rings is 1. The predicted octanol–water partition coefficient (Wildman–Crippen LogP) is 2.04. The van der Waals surface area contributed by atoms with Crippen LogP contribution in [0, 0.1) is 11.8 Å². The van der Waals surface area contributed by atoms with Crippen LogP contribution >= 0.6 is 11.6 Å². The van der Waals surface area contributed by atoms with Crippen molar-refractivity contribution in [1.29, 1.82) is 0 Å². The van der Waals surface area contributed by atoms with Crippen LogP contribution < -0.4 is 0 Å². The molecule has 0 aromatic heterocycles. The molecule has 1 aliphatic carbocycles. The number of rotatable bonds is 6. The number of amides is 1. The van der Waals surface area contributed by atoms with Crippen LogP contribution in [0.4, 0.5) is 4.79 Å². The van der Waals surface area contributed by atoms with Crippen molar-refractivity contribution < 1.29 is 23.1 Å². The first-order valence-electron chi connectivity index (χ1n) is 11.0. The number of aliphatic hydroxyl groups is 1. The van der Waals surface area contributed by atoms with Gasteiger partial charge in [0, 0.05) is 49.7 Å². The summed E-state index contributed by atoms with van der Waals surface area (Å²) in [5, 5.41) is 9.55. The van der Waals surface area contributed by atoms with E-state index in [0.29, 0.717) is 37.7 Å². The average Bonchev–Trinajstić information content (AvgIpc) is 3.56. The Hall–Kier alpha value is -1.65. The predicted molar refractivity (Wildman–Crippen MR) is 121 cm³/mol. The van der Waals surface area contributed by atoms with E-state index in [2.05, 4.69) is 11.5 Å². The van der Waals surface area contributed by atoms with Crippen LogP contribution in [-0.4, -0.2) is 91.2 Å². The number of β-amino-alcohol motifs (C(OH)–C–C–N with tert-alkyl or cyclic N) is 1. The van der Waals surface area contributed by atoms with Gasteiger partial charge in [0.25, 0.3) is 0 Å². The van der Waals surface area contributed by atoms with E-state index in [0.717, 1.165) is 6.42 Å². The SMILES string of the molecule is C=CC1C2CC2[C@H](OC(=O)N2CCN(CCO)CC2)C(C)N1S(=O)(=O)c1ccc(Cl)cc1. The number of aliphatic hydroxyl groups excluding tert-OH is 1. The molecular weight excluding hydrogens is 454 g/mol. The number of carbonyl (C=O) groups excluding carboxylic acids is 1. The molecule has 10 heteroatoms. The fourth-order valence-corrected chi connectivity index (χ4v) is 7.00. The van der Waals surface area contributed by atoms with Crippen LogP contribution in [0.5, 0.6) is 0 Å². The minimum Gasteiger partial charge on any atom is -0.444 e. The summed E-state index contributed by atoms with van der Waals surface area (Å²) in [5.74, 6) is 0.217. The highest BCUT2D eigenvalue weighted by Gasteiger charge is 2.60. The van der Waals surface area contributed by atoms with Crippen LogP contribution in [0.1, 0.15) is 13.3 Å². The Kier molecular flexibility index (Phi) is 6.84. The molecule has 2 saturated heterocycles. The highest BCUT2D eigenvalue weighted by Crippen LogP contribution is 2.53. The van der Waals surface area contributed by atoms with Crippen molar-refractivity contribution in [2.75, 3.05) is 39.3 Å². The number of nitrogens with zero attached hydrogens (tertiary/aromatic N) is 3. The highest BCUT2D eigenvalue weighted by molar-refractivity contribution is 7.89. The molecule has 3 fully saturated rings. The Labute approximate surface area is 194 Å². The molecule has 2 heterocycles. The minimum absolute atomic E-state index is 0.0879. The lowest BCUT2D eigenvalue weighted by Crippen LogP contribution is -2.57. The normalized spacial score (nSPS) is 31.1. The van der Waals surface area contributed by atoms with Crippen LogP contribution in [-0.2, 0) is 14.8 Å². The second-order valence-corrected chi connectivity index (χ2v) is 11.0. The van der Waals surface area contributed by atoms with E-state index in [1.165, 1.54) is 16.4 Å². The van der Waals surface area contributed by atoms with Crippen molar-refractivity contribution in [2.45, 2.75) is 36.4 Å². The molecule has 2 aliphatic heterocycles. The van der Waals surface area contributed by atoms with E-state index in [1.807, 2.05) is 0 Å². The van der Waals surface area contributed by atoms with Crippen molar-refractivity contribution >= 4 is 27.7 Å². The summed E-state index contributed by atoms with van der Waals surface area (Å²) in [6.45, 7) is 8.77. The Morgan fingerprint density at radius 3 is 2.47 bits per heavy atom. The number of sulfonamides is 1. The first-order chi connectivity index (χ1) is 15.3. The lowest BCUT2D eigenvalue weighted by Gasteiger charge is -2.42. The maximum absolute atomic E-state index is 13.5. The Bertz CT molecular complexity index is 949. The molecule has 8 nitrogen and oxygen atoms in total. The highest BCUT2D eigenvalue weighted by atomic mass is 35.5. The van der Waals surface area contributed by atoms with E-state index >= 15 is 0 Å². The lowest BCUT2D eigenvalue weighted by molar-refractivity contribution is -0.00957. The zero-order valence-electron chi connectivity index (χ0n) is 18.1. The molecule has 0 spiro atoms. The minimum atomic E-state index is -3.83. The standard InChI is InChI=1S/C22H30ClN3O5S/c1-3-20-18-14-19(18)21(31-22(28)25-10-8-24(9-11-25)12-13-27)15(2)26(20)32(29,30)17-6-4-16(23)5-7-17/h3-7,15,18-21,27H,1,8-14H2,2H3/t15?,18?,19?,20?,21-/m1/s1. The summed E-state index contributed by atoms with van der Waals surface area (Å²) in [6.07, 6.45) is 1.57. The monoisotopic (exact) mass is 483 g/mol. The van der Waals surface area contributed by atoms with Gasteiger partial charge in [-0.05, 0) is 43.5 Å². The second-order valence-electron chi connectivity index (χ2n) is 8.72. The van der Waals surface area contributed by atoms with Crippen molar-refractivity contribution in [2.24, 2.45) is 11.8 Å². The molecule has 4 unspecified atom stereocenters. The Balaban J connectivity index is 1.51. The van der Waals surface area contributed by atoms with E-state index in [1.54, 1.807) is 30.0 Å². The molecule has 3 aliphatic rings. The topological polar surface area (TPSA) is 90.4 Å². The van der Waals surface area contributed by atoms with E-state index in [9.17, 15) is 13.2 Å². The van der Waals surface area contributed by atoms with Crippen LogP contribution in [0.25, 0.3) is 0 Å². The van der Waals surface area contributed by atoms with Gasteiger partial charge in [-0.25, -0.2) is 13.2 Å². The Morgan fingerprint density at radius 2 is 1.88 bits per heavy atom. The van der Waals surface area contributed by atoms with Crippen LogP contribution in [0.2, 0.25) is 5.02 Å². The van der Waals surface area contributed by atoms with E-state index in [-0.39, 0.29) is 29.4 Å². The van der Waals surface area contributed by atoms with Gasteiger partial charge in [-0.2, -0.15) is 4.31 Å². The van der Waals surface area contributed by atoms with Gasteiger partial charge in [-0.1, -0.05) is 17.7 Å². The second kappa shape index (κ2) is 9.30. The van der Waals surface area contributed by atoms with Gasteiger partial charge in [0.2, 0.25) is 10.0 Å². The van der Waals surface area contributed by atoms with Gasteiger partial charge in [0.15, 0.2) is 0 Å². The van der Waals surface area contributed by atoms with E-state index in [4.69, 9.17) is 21.4 Å². The largest absolute Gasteiger partial charge is 0.444 e. The molecule has 5 atom stereocenters. The Morgan fingerprint density at radius 1 is 1.22 bits per heavy atom. The molecule has 176 valence electrons. The van der Waals surface area contributed by atoms with Crippen molar-refractivity contribution in [1.82, 2.24) is 14.1 Å². The van der Waals surface area contributed by atoms with Gasteiger partial charge in [0.1, 0.15) is 6.10 Å². The van der Waals surface area contributed by atoms with E-state index < -0.39 is 28.3 Å². The number of hydrogen-bond donors (Lipinski definition) is 1. The summed E-state index contributed by atoms with van der Waals surface area (Å²) < 4.78 is 34.4. The molecule has 1 N–H and O–H groups in total. The van der Waals surface area contributed by atoms with Crippen molar-refractivity contribution in [3.8, 4) is 0 Å². The number of fused-ring (bicyclic) bond motifs is 1. The molecule has 0 radical (unpaired) electrons. The fourth-order valence-electron chi connectivity index (χ4n) is 5.03. The first-order valence-corrected chi connectivity index (χ1v) is 12.8. The summed E-state index contributed by atoms with van der Waals surface area (Å²) >= 11 is 5.94.